The van der Waals surface area contributed by atoms with Gasteiger partial charge >= 0.3 is 6.18 Å². The Kier molecular flexibility index (Phi) is 4.76. The fourth-order valence-corrected chi connectivity index (χ4v) is 6.40. The van der Waals surface area contributed by atoms with E-state index in [0.29, 0.717) is 24.0 Å². The molecule has 168 valence electrons. The lowest BCUT2D eigenvalue weighted by Gasteiger charge is -2.62. The molecule has 6 nitrogen and oxygen atoms in total. The Labute approximate surface area is 183 Å². The van der Waals surface area contributed by atoms with Gasteiger partial charge in [0.2, 0.25) is 0 Å². The van der Waals surface area contributed by atoms with Crippen LogP contribution < -0.4 is 10.6 Å². The number of halogens is 3. The summed E-state index contributed by atoms with van der Waals surface area (Å²) in [6.45, 7) is 0. The van der Waals surface area contributed by atoms with Crippen molar-refractivity contribution in [2.45, 2.75) is 55.8 Å². The molecule has 4 saturated carbocycles. The summed E-state index contributed by atoms with van der Waals surface area (Å²) in [6, 6.07) is 7.25. The summed E-state index contributed by atoms with van der Waals surface area (Å²) >= 11 is 0. The van der Waals surface area contributed by atoms with E-state index >= 15 is 0 Å². The van der Waals surface area contributed by atoms with Gasteiger partial charge in [-0.05, 0) is 74.6 Å². The fraction of sp³-hybridized carbons (Fsp3) is 0.478. The zero-order valence-corrected chi connectivity index (χ0v) is 17.3. The number of alkyl halides is 3. The second kappa shape index (κ2) is 7.28. The van der Waals surface area contributed by atoms with Crippen LogP contribution in [0.3, 0.4) is 0 Å². The van der Waals surface area contributed by atoms with Crippen molar-refractivity contribution in [1.82, 2.24) is 20.6 Å². The highest BCUT2D eigenvalue weighted by molar-refractivity contribution is 5.95. The Morgan fingerprint density at radius 2 is 1.56 bits per heavy atom. The molecule has 2 unspecified atom stereocenters. The average Bonchev–Trinajstić information content (AvgIpc) is 2.72. The molecule has 4 bridgehead atoms. The normalized spacial score (nSPS) is 30.7. The SMILES string of the molecule is O=C(NC12CC3CC(C1)CC(NC(=O)c1ccccn1)(C3)C2)c1ccnc(C(F)(F)F)c1. The quantitative estimate of drug-likeness (QED) is 0.753. The third-order valence-corrected chi connectivity index (χ3v) is 7.03. The molecule has 2 amide bonds. The Bertz CT molecular complexity index is 1040. The highest BCUT2D eigenvalue weighted by Gasteiger charge is 2.58. The molecule has 9 heteroatoms. The molecule has 4 fully saturated rings. The van der Waals surface area contributed by atoms with Gasteiger partial charge in [0, 0.05) is 29.0 Å². The van der Waals surface area contributed by atoms with E-state index in [1.54, 1.807) is 24.4 Å². The minimum atomic E-state index is -4.61. The van der Waals surface area contributed by atoms with Gasteiger partial charge in [-0.1, -0.05) is 6.07 Å². The van der Waals surface area contributed by atoms with Gasteiger partial charge < -0.3 is 10.6 Å². The van der Waals surface area contributed by atoms with E-state index in [0.717, 1.165) is 44.4 Å². The molecule has 4 aliphatic rings. The van der Waals surface area contributed by atoms with Gasteiger partial charge in [0.25, 0.3) is 11.8 Å². The Balaban J connectivity index is 1.37. The van der Waals surface area contributed by atoms with Gasteiger partial charge in [0.1, 0.15) is 11.4 Å². The fourth-order valence-electron chi connectivity index (χ4n) is 6.40. The molecule has 6 rings (SSSR count). The van der Waals surface area contributed by atoms with Crippen molar-refractivity contribution in [3.05, 3.63) is 59.7 Å². The number of nitrogens with zero attached hydrogens (tertiary/aromatic N) is 2. The van der Waals surface area contributed by atoms with Crippen LogP contribution in [-0.2, 0) is 6.18 Å². The molecule has 0 aromatic carbocycles. The van der Waals surface area contributed by atoms with E-state index in [1.165, 1.54) is 6.07 Å². The number of hydrogen-bond acceptors (Lipinski definition) is 4. The average molecular weight is 444 g/mol. The number of carbonyl (C=O) groups is 2. The van der Waals surface area contributed by atoms with Crippen LogP contribution >= 0.6 is 0 Å². The zero-order valence-electron chi connectivity index (χ0n) is 17.3. The highest BCUT2D eigenvalue weighted by atomic mass is 19.4. The maximum absolute atomic E-state index is 13.0. The largest absolute Gasteiger partial charge is 0.433 e. The monoisotopic (exact) mass is 444 g/mol. The molecule has 0 aliphatic heterocycles. The summed E-state index contributed by atoms with van der Waals surface area (Å²) in [4.78, 5) is 33.3. The Hall–Kier alpha value is -2.97. The molecule has 0 spiro atoms. The first-order valence-corrected chi connectivity index (χ1v) is 10.7. The lowest BCUT2D eigenvalue weighted by Crippen LogP contribution is -2.69. The van der Waals surface area contributed by atoms with Crippen molar-refractivity contribution < 1.29 is 22.8 Å². The molecule has 2 aromatic heterocycles. The topological polar surface area (TPSA) is 84.0 Å². The number of carbonyl (C=O) groups excluding carboxylic acids is 2. The van der Waals surface area contributed by atoms with Crippen molar-refractivity contribution >= 4 is 11.8 Å². The number of aromatic nitrogens is 2. The van der Waals surface area contributed by atoms with Crippen LogP contribution in [0, 0.1) is 11.8 Å². The number of nitrogens with one attached hydrogen (secondary N) is 2. The number of amides is 2. The third kappa shape index (κ3) is 3.84. The Morgan fingerprint density at radius 3 is 2.16 bits per heavy atom. The van der Waals surface area contributed by atoms with Gasteiger partial charge in [-0.3, -0.25) is 19.6 Å². The predicted octanol–water partition coefficient (Wildman–Crippen LogP) is 3.75. The summed E-state index contributed by atoms with van der Waals surface area (Å²) in [5.41, 5.74) is -1.79. The summed E-state index contributed by atoms with van der Waals surface area (Å²) in [5, 5.41) is 6.25. The van der Waals surface area contributed by atoms with Crippen molar-refractivity contribution in [1.29, 1.82) is 0 Å². The minimum Gasteiger partial charge on any atom is -0.346 e. The van der Waals surface area contributed by atoms with E-state index in [1.807, 2.05) is 0 Å². The van der Waals surface area contributed by atoms with E-state index in [4.69, 9.17) is 0 Å². The van der Waals surface area contributed by atoms with Crippen molar-refractivity contribution in [3.63, 3.8) is 0 Å². The van der Waals surface area contributed by atoms with Gasteiger partial charge in [0.05, 0.1) is 0 Å². The molecular formula is C23H23F3N4O2. The van der Waals surface area contributed by atoms with Gasteiger partial charge in [-0.25, -0.2) is 0 Å². The number of hydrogen-bond donors (Lipinski definition) is 2. The second-order valence-corrected chi connectivity index (χ2v) is 9.57. The highest BCUT2D eigenvalue weighted by Crippen LogP contribution is 2.57. The first kappa shape index (κ1) is 20.9. The van der Waals surface area contributed by atoms with Gasteiger partial charge in [-0.15, -0.1) is 0 Å². The van der Waals surface area contributed by atoms with Crippen molar-refractivity contribution in [2.75, 3.05) is 0 Å². The summed E-state index contributed by atoms with van der Waals surface area (Å²) in [7, 11) is 0. The maximum atomic E-state index is 13.0. The van der Waals surface area contributed by atoms with Crippen LogP contribution in [0.4, 0.5) is 13.2 Å². The van der Waals surface area contributed by atoms with Crippen molar-refractivity contribution in [2.24, 2.45) is 11.8 Å². The van der Waals surface area contributed by atoms with Gasteiger partial charge in [-0.2, -0.15) is 13.2 Å². The predicted molar refractivity (Wildman–Crippen MR) is 109 cm³/mol. The first-order chi connectivity index (χ1) is 15.2. The maximum Gasteiger partial charge on any atom is 0.433 e. The summed E-state index contributed by atoms with van der Waals surface area (Å²) in [5.74, 6) is -0.0726. The molecular weight excluding hydrogens is 421 g/mol. The van der Waals surface area contributed by atoms with E-state index < -0.39 is 28.9 Å². The molecule has 32 heavy (non-hydrogen) atoms. The van der Waals surface area contributed by atoms with Crippen LogP contribution in [0.1, 0.15) is 65.1 Å². The minimum absolute atomic E-state index is 0.0605. The standard InChI is InChI=1S/C23H23F3N4O2/c24-23(25,26)18-8-16(4-6-28-18)19(31)29-21-9-14-7-15(10-21)12-22(11-14,13-21)30-20(32)17-3-1-2-5-27-17/h1-6,8,14-15H,7,9-13H2,(H,29,31)(H,30,32). The molecule has 2 atom stereocenters. The second-order valence-electron chi connectivity index (χ2n) is 9.57. The molecule has 2 aromatic rings. The molecule has 0 radical (unpaired) electrons. The summed E-state index contributed by atoms with van der Waals surface area (Å²) < 4.78 is 39.1. The van der Waals surface area contributed by atoms with E-state index in [2.05, 4.69) is 20.6 Å². The van der Waals surface area contributed by atoms with Crippen LogP contribution in [0.5, 0.6) is 0 Å². The van der Waals surface area contributed by atoms with Crippen LogP contribution in [0.25, 0.3) is 0 Å². The molecule has 2 heterocycles. The van der Waals surface area contributed by atoms with E-state index in [-0.39, 0.29) is 11.5 Å². The summed E-state index contributed by atoms with van der Waals surface area (Å²) in [6.07, 6.45) is 2.80. The van der Waals surface area contributed by atoms with Crippen LogP contribution in [0.2, 0.25) is 0 Å². The number of pyridine rings is 2. The lowest BCUT2D eigenvalue weighted by atomic mass is 9.49. The third-order valence-electron chi connectivity index (χ3n) is 7.03. The first-order valence-electron chi connectivity index (χ1n) is 10.7. The number of rotatable bonds is 4. The van der Waals surface area contributed by atoms with E-state index in [9.17, 15) is 22.8 Å². The molecule has 4 aliphatic carbocycles. The van der Waals surface area contributed by atoms with Gasteiger partial charge in [0.15, 0.2) is 0 Å². The van der Waals surface area contributed by atoms with Crippen LogP contribution in [-0.4, -0.2) is 32.9 Å². The molecule has 0 saturated heterocycles. The zero-order chi connectivity index (χ0) is 22.6. The Morgan fingerprint density at radius 1 is 0.906 bits per heavy atom. The molecule has 2 N–H and O–H groups in total. The smallest absolute Gasteiger partial charge is 0.346 e. The van der Waals surface area contributed by atoms with Crippen molar-refractivity contribution in [3.8, 4) is 0 Å². The lowest BCUT2D eigenvalue weighted by molar-refractivity contribution is -0.141. The van der Waals surface area contributed by atoms with Crippen LogP contribution in [0.15, 0.2) is 42.7 Å².